The van der Waals surface area contributed by atoms with E-state index in [-0.39, 0.29) is 12.5 Å². The van der Waals surface area contributed by atoms with Crippen molar-refractivity contribution < 1.29 is 13.2 Å². The van der Waals surface area contributed by atoms with E-state index in [1.54, 1.807) is 35.2 Å². The highest BCUT2D eigenvalue weighted by Crippen LogP contribution is 2.27. The SMILES string of the molecule is Cc1nc(C)c(C(=O)N2CCC(S(=O)(=O)c3ccccc3)C2)s1. The summed E-state index contributed by atoms with van der Waals surface area (Å²) in [5.74, 6) is -0.112. The fraction of sp³-hybridized carbons (Fsp3) is 0.375. The van der Waals surface area contributed by atoms with Gasteiger partial charge in [-0.3, -0.25) is 4.79 Å². The lowest BCUT2D eigenvalue weighted by atomic mass is 10.3. The van der Waals surface area contributed by atoms with Gasteiger partial charge in [-0.15, -0.1) is 11.3 Å². The molecule has 3 rings (SSSR count). The first-order valence-corrected chi connectivity index (χ1v) is 9.78. The van der Waals surface area contributed by atoms with Crippen molar-refractivity contribution in [3.8, 4) is 0 Å². The van der Waals surface area contributed by atoms with Crippen LogP contribution in [0.15, 0.2) is 35.2 Å². The summed E-state index contributed by atoms with van der Waals surface area (Å²) in [7, 11) is -3.40. The molecule has 7 heteroatoms. The molecule has 2 heterocycles. The van der Waals surface area contributed by atoms with Crippen molar-refractivity contribution in [1.82, 2.24) is 9.88 Å². The highest BCUT2D eigenvalue weighted by Gasteiger charge is 2.37. The van der Waals surface area contributed by atoms with Crippen LogP contribution in [0.4, 0.5) is 0 Å². The van der Waals surface area contributed by atoms with E-state index in [0.717, 1.165) is 5.01 Å². The highest BCUT2D eigenvalue weighted by molar-refractivity contribution is 7.92. The smallest absolute Gasteiger partial charge is 0.265 e. The first-order chi connectivity index (χ1) is 10.9. The van der Waals surface area contributed by atoms with Gasteiger partial charge in [-0.2, -0.15) is 0 Å². The normalized spacial score (nSPS) is 18.3. The van der Waals surface area contributed by atoms with E-state index in [1.165, 1.54) is 11.3 Å². The molecule has 1 amide bonds. The molecular formula is C16H18N2O3S2. The number of nitrogens with zero attached hydrogens (tertiary/aromatic N) is 2. The van der Waals surface area contributed by atoms with Crippen LogP contribution in [0.1, 0.15) is 26.8 Å². The van der Waals surface area contributed by atoms with Crippen LogP contribution in [-0.4, -0.2) is 42.5 Å². The van der Waals surface area contributed by atoms with Crippen LogP contribution in [-0.2, 0) is 9.84 Å². The third-order valence-corrected chi connectivity index (χ3v) is 7.29. The first kappa shape index (κ1) is 16.1. The Balaban J connectivity index is 1.79. The zero-order chi connectivity index (χ0) is 16.6. The topological polar surface area (TPSA) is 67.3 Å². The van der Waals surface area contributed by atoms with Gasteiger partial charge in [0.05, 0.1) is 20.8 Å². The summed E-state index contributed by atoms with van der Waals surface area (Å²) in [6.07, 6.45) is 0.472. The predicted octanol–water partition coefficient (Wildman–Crippen LogP) is 2.45. The first-order valence-electron chi connectivity index (χ1n) is 7.42. The molecular weight excluding hydrogens is 332 g/mol. The molecule has 5 nitrogen and oxygen atoms in total. The van der Waals surface area contributed by atoms with Crippen LogP contribution >= 0.6 is 11.3 Å². The van der Waals surface area contributed by atoms with Crippen molar-refractivity contribution in [2.45, 2.75) is 30.4 Å². The number of hydrogen-bond donors (Lipinski definition) is 0. The summed E-state index contributed by atoms with van der Waals surface area (Å²) < 4.78 is 25.3. The van der Waals surface area contributed by atoms with Crippen molar-refractivity contribution in [1.29, 1.82) is 0 Å². The number of carbonyl (C=O) groups is 1. The molecule has 1 atom stereocenters. The molecule has 23 heavy (non-hydrogen) atoms. The Hall–Kier alpha value is -1.73. The Bertz CT molecular complexity index is 828. The minimum absolute atomic E-state index is 0.112. The lowest BCUT2D eigenvalue weighted by Crippen LogP contribution is -2.31. The second-order valence-corrected chi connectivity index (χ2v) is 9.10. The number of carbonyl (C=O) groups excluding carboxylic acids is 1. The van der Waals surface area contributed by atoms with Gasteiger partial charge in [0.25, 0.3) is 5.91 Å². The summed E-state index contributed by atoms with van der Waals surface area (Å²) in [5, 5.41) is 0.307. The number of aryl methyl sites for hydroxylation is 2. The van der Waals surface area contributed by atoms with Gasteiger partial charge in [0.1, 0.15) is 4.88 Å². The Morgan fingerprint density at radius 2 is 1.96 bits per heavy atom. The Kier molecular flexibility index (Phi) is 4.25. The predicted molar refractivity (Wildman–Crippen MR) is 89.5 cm³/mol. The molecule has 1 aliphatic rings. The molecule has 0 radical (unpaired) electrons. The van der Waals surface area contributed by atoms with Gasteiger partial charge in [0, 0.05) is 13.1 Å². The molecule has 1 aromatic heterocycles. The van der Waals surface area contributed by atoms with Crippen molar-refractivity contribution in [2.75, 3.05) is 13.1 Å². The van der Waals surface area contributed by atoms with E-state index >= 15 is 0 Å². The fourth-order valence-corrected chi connectivity index (χ4v) is 5.44. The molecule has 2 aromatic rings. The lowest BCUT2D eigenvalue weighted by Gasteiger charge is -2.16. The maximum Gasteiger partial charge on any atom is 0.265 e. The molecule has 1 unspecified atom stereocenters. The largest absolute Gasteiger partial charge is 0.337 e. The van der Waals surface area contributed by atoms with Crippen molar-refractivity contribution in [2.24, 2.45) is 0 Å². The van der Waals surface area contributed by atoms with Crippen molar-refractivity contribution >= 4 is 27.1 Å². The summed E-state index contributed by atoms with van der Waals surface area (Å²) in [6, 6.07) is 8.44. The molecule has 122 valence electrons. The number of thiazole rings is 1. The summed E-state index contributed by atoms with van der Waals surface area (Å²) in [5.41, 5.74) is 0.715. The van der Waals surface area contributed by atoms with Crippen molar-refractivity contribution in [3.05, 3.63) is 45.9 Å². The van der Waals surface area contributed by atoms with Crippen LogP contribution in [0, 0.1) is 13.8 Å². The van der Waals surface area contributed by atoms with Gasteiger partial charge in [0.2, 0.25) is 0 Å². The molecule has 1 fully saturated rings. The van der Waals surface area contributed by atoms with Gasteiger partial charge < -0.3 is 4.90 Å². The zero-order valence-electron chi connectivity index (χ0n) is 13.0. The van der Waals surface area contributed by atoms with Crippen molar-refractivity contribution in [3.63, 3.8) is 0 Å². The van der Waals surface area contributed by atoms with Gasteiger partial charge in [-0.25, -0.2) is 13.4 Å². The number of amides is 1. The highest BCUT2D eigenvalue weighted by atomic mass is 32.2. The zero-order valence-corrected chi connectivity index (χ0v) is 14.7. The second kappa shape index (κ2) is 6.05. The van der Waals surface area contributed by atoms with E-state index in [1.807, 2.05) is 13.8 Å². The molecule has 0 N–H and O–H groups in total. The van der Waals surface area contributed by atoms with Gasteiger partial charge >= 0.3 is 0 Å². The van der Waals surface area contributed by atoms with Crippen LogP contribution < -0.4 is 0 Å². The van der Waals surface area contributed by atoms with Crippen LogP contribution in [0.2, 0.25) is 0 Å². The number of likely N-dealkylation sites (tertiary alicyclic amines) is 1. The molecule has 1 aromatic carbocycles. The summed E-state index contributed by atoms with van der Waals surface area (Å²) >= 11 is 1.36. The molecule has 1 aliphatic heterocycles. The lowest BCUT2D eigenvalue weighted by molar-refractivity contribution is 0.0797. The van der Waals surface area contributed by atoms with Gasteiger partial charge in [-0.1, -0.05) is 18.2 Å². The minimum Gasteiger partial charge on any atom is -0.337 e. The fourth-order valence-electron chi connectivity index (χ4n) is 2.84. The monoisotopic (exact) mass is 350 g/mol. The van der Waals surface area contributed by atoms with E-state index in [9.17, 15) is 13.2 Å². The number of aromatic nitrogens is 1. The number of hydrogen-bond acceptors (Lipinski definition) is 5. The van der Waals surface area contributed by atoms with Crippen LogP contribution in [0.3, 0.4) is 0 Å². The van der Waals surface area contributed by atoms with E-state index in [2.05, 4.69) is 4.98 Å². The average Bonchev–Trinajstić information content (AvgIpc) is 3.14. The minimum atomic E-state index is -3.40. The molecule has 0 spiro atoms. The number of sulfone groups is 1. The molecule has 0 saturated carbocycles. The summed E-state index contributed by atoms with van der Waals surface area (Å²) in [4.78, 5) is 19.4. The Morgan fingerprint density at radius 3 is 2.57 bits per heavy atom. The second-order valence-electron chi connectivity index (χ2n) is 5.67. The third-order valence-electron chi connectivity index (χ3n) is 4.04. The third kappa shape index (κ3) is 3.03. The standard InChI is InChI=1S/C16H18N2O3S2/c1-11-15(22-12(2)17-11)16(19)18-9-8-14(10-18)23(20,21)13-6-4-3-5-7-13/h3-7,14H,8-10H2,1-2H3. The van der Waals surface area contributed by atoms with Crippen LogP contribution in [0.25, 0.3) is 0 Å². The Morgan fingerprint density at radius 1 is 1.26 bits per heavy atom. The maximum atomic E-state index is 12.7. The van der Waals surface area contributed by atoms with Crippen LogP contribution in [0.5, 0.6) is 0 Å². The van der Waals surface area contributed by atoms with E-state index in [0.29, 0.717) is 28.4 Å². The molecule has 1 saturated heterocycles. The van der Waals surface area contributed by atoms with E-state index < -0.39 is 15.1 Å². The Labute approximate surface area is 139 Å². The number of benzene rings is 1. The maximum absolute atomic E-state index is 12.7. The van der Waals surface area contributed by atoms with Gasteiger partial charge in [0.15, 0.2) is 9.84 Å². The number of rotatable bonds is 3. The van der Waals surface area contributed by atoms with Gasteiger partial charge in [-0.05, 0) is 32.4 Å². The van der Waals surface area contributed by atoms with E-state index in [4.69, 9.17) is 0 Å². The quantitative estimate of drug-likeness (QED) is 0.853. The summed E-state index contributed by atoms with van der Waals surface area (Å²) in [6.45, 7) is 4.38. The molecule has 0 aliphatic carbocycles. The molecule has 0 bridgehead atoms. The average molecular weight is 350 g/mol.